The van der Waals surface area contributed by atoms with Crippen LogP contribution in [0.5, 0.6) is 0 Å². The van der Waals surface area contributed by atoms with Crippen molar-refractivity contribution in [2.24, 2.45) is 5.92 Å². The summed E-state index contributed by atoms with van der Waals surface area (Å²) in [4.78, 5) is 0.483. The van der Waals surface area contributed by atoms with E-state index in [0.29, 0.717) is 16.7 Å². The van der Waals surface area contributed by atoms with Crippen LogP contribution in [0.3, 0.4) is 0 Å². The van der Waals surface area contributed by atoms with Crippen LogP contribution in [0, 0.1) is 5.92 Å². The fourth-order valence-electron chi connectivity index (χ4n) is 2.28. The van der Waals surface area contributed by atoms with Gasteiger partial charge in [-0.15, -0.1) is 0 Å². The summed E-state index contributed by atoms with van der Waals surface area (Å²) in [5, 5.41) is 0. The highest BCUT2D eigenvalue weighted by Gasteiger charge is 2.16. The smallest absolute Gasteiger partial charge is 0.0400 e. The molecule has 0 saturated heterocycles. The molecule has 102 valence electrons. The highest BCUT2D eigenvalue weighted by Crippen LogP contribution is 2.36. The molecule has 1 heteroatoms. The first-order valence-electron chi connectivity index (χ1n) is 7.10. The van der Waals surface area contributed by atoms with E-state index in [1.165, 1.54) is 23.1 Å². The second kappa shape index (κ2) is 6.75. The van der Waals surface area contributed by atoms with Crippen molar-refractivity contribution in [3.63, 3.8) is 0 Å². The van der Waals surface area contributed by atoms with Gasteiger partial charge in [-0.1, -0.05) is 75.7 Å². The van der Waals surface area contributed by atoms with Gasteiger partial charge in [0.1, 0.15) is 0 Å². The Labute approximate surface area is 121 Å². The Hall–Kier alpha value is -0.300. The summed E-state index contributed by atoms with van der Waals surface area (Å²) >= 11 is 3.87. The van der Waals surface area contributed by atoms with Crippen LogP contribution in [0.4, 0.5) is 0 Å². The van der Waals surface area contributed by atoms with E-state index in [1.54, 1.807) is 0 Å². The van der Waals surface area contributed by atoms with Gasteiger partial charge in [0.05, 0.1) is 0 Å². The molecule has 18 heavy (non-hydrogen) atoms. The van der Waals surface area contributed by atoms with Crippen LogP contribution in [0.2, 0.25) is 0 Å². The van der Waals surface area contributed by atoms with Crippen molar-refractivity contribution in [1.82, 2.24) is 0 Å². The van der Waals surface area contributed by atoms with Crippen LogP contribution in [0.25, 0.3) is 0 Å². The second-order valence-corrected chi connectivity index (χ2v) is 7.40. The molecule has 0 radical (unpaired) electrons. The topological polar surface area (TPSA) is 0 Å². The molecule has 0 aliphatic heterocycles. The van der Waals surface area contributed by atoms with Crippen molar-refractivity contribution >= 4 is 15.9 Å². The minimum Gasteiger partial charge on any atom is -0.0839 e. The number of alkyl halides is 1. The molecule has 0 saturated carbocycles. The Bertz CT molecular complexity index is 377. The van der Waals surface area contributed by atoms with Crippen LogP contribution in [-0.4, -0.2) is 0 Å². The van der Waals surface area contributed by atoms with E-state index in [1.807, 2.05) is 0 Å². The van der Waals surface area contributed by atoms with E-state index in [4.69, 9.17) is 0 Å². The lowest BCUT2D eigenvalue weighted by Gasteiger charge is -2.21. The maximum Gasteiger partial charge on any atom is 0.0400 e. The lowest BCUT2D eigenvalue weighted by Crippen LogP contribution is -2.03. The van der Waals surface area contributed by atoms with E-state index in [0.717, 1.165) is 5.92 Å². The first kappa shape index (κ1) is 15.8. The van der Waals surface area contributed by atoms with Crippen molar-refractivity contribution in [3.05, 3.63) is 34.9 Å². The number of rotatable bonds is 5. The first-order valence-corrected chi connectivity index (χ1v) is 8.02. The standard InChI is InChI=1S/C17H27Br/c1-11(2)9-17(18)15-8-7-14(12(3)4)10-16(15)13(5)6/h7-8,10-13,17H,9H2,1-6H3. The molecule has 0 spiro atoms. The average molecular weight is 311 g/mol. The van der Waals surface area contributed by atoms with Gasteiger partial charge >= 0.3 is 0 Å². The monoisotopic (exact) mass is 310 g/mol. The Morgan fingerprint density at radius 3 is 1.94 bits per heavy atom. The van der Waals surface area contributed by atoms with Gasteiger partial charge in [0.25, 0.3) is 0 Å². The third-order valence-electron chi connectivity index (χ3n) is 3.42. The summed E-state index contributed by atoms with van der Waals surface area (Å²) in [7, 11) is 0. The van der Waals surface area contributed by atoms with E-state index in [-0.39, 0.29) is 0 Å². The van der Waals surface area contributed by atoms with Gasteiger partial charge < -0.3 is 0 Å². The molecule has 0 aliphatic carbocycles. The summed E-state index contributed by atoms with van der Waals surface area (Å²) in [5.74, 6) is 1.92. The van der Waals surface area contributed by atoms with E-state index < -0.39 is 0 Å². The molecule has 0 heterocycles. The molecule has 0 N–H and O–H groups in total. The maximum absolute atomic E-state index is 3.87. The summed E-state index contributed by atoms with van der Waals surface area (Å²) in [6.45, 7) is 13.7. The summed E-state index contributed by atoms with van der Waals surface area (Å²) in [6, 6.07) is 7.02. The fourth-order valence-corrected chi connectivity index (χ4v) is 3.44. The minimum atomic E-state index is 0.483. The molecule has 1 rings (SSSR count). The Balaban J connectivity index is 3.11. The molecule has 0 aliphatic rings. The summed E-state index contributed by atoms with van der Waals surface area (Å²) in [6.07, 6.45) is 1.20. The zero-order valence-electron chi connectivity index (χ0n) is 12.6. The van der Waals surface area contributed by atoms with Gasteiger partial charge in [0, 0.05) is 4.83 Å². The molecule has 0 aromatic heterocycles. The highest BCUT2D eigenvalue weighted by molar-refractivity contribution is 9.09. The van der Waals surface area contributed by atoms with Crippen molar-refractivity contribution in [2.75, 3.05) is 0 Å². The zero-order valence-corrected chi connectivity index (χ0v) is 14.2. The lowest BCUT2D eigenvalue weighted by molar-refractivity contribution is 0.580. The van der Waals surface area contributed by atoms with Crippen LogP contribution >= 0.6 is 15.9 Å². The second-order valence-electron chi connectivity index (χ2n) is 6.29. The Morgan fingerprint density at radius 1 is 0.889 bits per heavy atom. The van der Waals surface area contributed by atoms with Crippen LogP contribution in [-0.2, 0) is 0 Å². The normalized spacial score (nSPS) is 13.7. The molecule has 0 nitrogen and oxygen atoms in total. The lowest BCUT2D eigenvalue weighted by atomic mass is 9.88. The van der Waals surface area contributed by atoms with Crippen LogP contribution in [0.15, 0.2) is 18.2 Å². The summed E-state index contributed by atoms with van der Waals surface area (Å²) in [5.41, 5.74) is 4.43. The quantitative estimate of drug-likeness (QED) is 0.551. The maximum atomic E-state index is 3.87. The van der Waals surface area contributed by atoms with Gasteiger partial charge in [0.2, 0.25) is 0 Å². The van der Waals surface area contributed by atoms with Gasteiger partial charge in [-0.05, 0) is 40.9 Å². The molecule has 1 atom stereocenters. The molecule has 1 unspecified atom stereocenters. The predicted octanol–water partition coefficient (Wildman–Crippen LogP) is 6.42. The zero-order chi connectivity index (χ0) is 13.9. The van der Waals surface area contributed by atoms with E-state index in [9.17, 15) is 0 Å². The largest absolute Gasteiger partial charge is 0.0839 e. The number of hydrogen-bond donors (Lipinski definition) is 0. The third kappa shape index (κ3) is 4.12. The first-order chi connectivity index (χ1) is 8.32. The Kier molecular flexibility index (Phi) is 5.91. The van der Waals surface area contributed by atoms with Crippen molar-refractivity contribution in [1.29, 1.82) is 0 Å². The molecular weight excluding hydrogens is 284 g/mol. The van der Waals surface area contributed by atoms with Gasteiger partial charge in [-0.2, -0.15) is 0 Å². The predicted molar refractivity (Wildman–Crippen MR) is 85.7 cm³/mol. The van der Waals surface area contributed by atoms with Crippen molar-refractivity contribution in [3.8, 4) is 0 Å². The number of hydrogen-bond acceptors (Lipinski definition) is 0. The van der Waals surface area contributed by atoms with E-state index >= 15 is 0 Å². The molecule has 1 aromatic carbocycles. The summed E-state index contributed by atoms with van der Waals surface area (Å²) < 4.78 is 0. The van der Waals surface area contributed by atoms with Crippen LogP contribution < -0.4 is 0 Å². The van der Waals surface area contributed by atoms with Crippen molar-refractivity contribution < 1.29 is 0 Å². The van der Waals surface area contributed by atoms with Gasteiger partial charge in [0.15, 0.2) is 0 Å². The molecule has 1 aromatic rings. The van der Waals surface area contributed by atoms with Crippen LogP contribution in [0.1, 0.15) is 81.3 Å². The number of benzene rings is 1. The van der Waals surface area contributed by atoms with Gasteiger partial charge in [-0.3, -0.25) is 0 Å². The van der Waals surface area contributed by atoms with Crippen molar-refractivity contribution in [2.45, 2.75) is 64.6 Å². The SMILES string of the molecule is CC(C)CC(Br)c1ccc(C(C)C)cc1C(C)C. The van der Waals surface area contributed by atoms with Gasteiger partial charge in [-0.25, -0.2) is 0 Å². The molecule has 0 bridgehead atoms. The highest BCUT2D eigenvalue weighted by atomic mass is 79.9. The Morgan fingerprint density at radius 2 is 1.50 bits per heavy atom. The number of halogens is 1. The third-order valence-corrected chi connectivity index (χ3v) is 4.28. The van der Waals surface area contributed by atoms with E-state index in [2.05, 4.69) is 75.7 Å². The molecule has 0 amide bonds. The fraction of sp³-hybridized carbons (Fsp3) is 0.647. The average Bonchev–Trinajstić information content (AvgIpc) is 2.26. The molecular formula is C17H27Br. The molecule has 0 fully saturated rings. The minimum absolute atomic E-state index is 0.483.